The van der Waals surface area contributed by atoms with E-state index in [-0.39, 0.29) is 9.63 Å². The predicted octanol–water partition coefficient (Wildman–Crippen LogP) is -1.47. The number of rotatable bonds is 3. The predicted molar refractivity (Wildman–Crippen MR) is 66.3 cm³/mol. The van der Waals surface area contributed by atoms with Crippen LogP contribution in [0.5, 0.6) is 0 Å². The Bertz CT molecular complexity index is 525. The summed E-state index contributed by atoms with van der Waals surface area (Å²) in [7, 11) is -0.807. The molecule has 1 fully saturated rings. The molecule has 0 spiro atoms. The number of aromatic nitrogens is 3. The van der Waals surface area contributed by atoms with E-state index >= 15 is 0 Å². The average Bonchev–Trinajstić information content (AvgIpc) is 2.84. The number of hydrogen-bond donors (Lipinski definition) is 2. The van der Waals surface area contributed by atoms with Gasteiger partial charge in [-0.25, -0.2) is 13.1 Å². The van der Waals surface area contributed by atoms with Crippen LogP contribution in [0.2, 0.25) is 0 Å². The van der Waals surface area contributed by atoms with E-state index in [4.69, 9.17) is 0 Å². The van der Waals surface area contributed by atoms with Crippen molar-refractivity contribution >= 4 is 26.0 Å². The molecule has 2 N–H and O–H groups in total. The third-order valence-corrected chi connectivity index (χ3v) is 5.75. The molecule has 0 saturated carbocycles. The maximum atomic E-state index is 12.4. The van der Waals surface area contributed by atoms with Crippen LogP contribution >= 0.6 is 15.9 Å². The zero-order valence-electron chi connectivity index (χ0n) is 9.91. The number of halogens is 1. The van der Waals surface area contributed by atoms with Crippen molar-refractivity contribution in [3.63, 3.8) is 0 Å². The first-order valence-electron chi connectivity index (χ1n) is 5.27. The molecule has 1 aromatic heterocycles. The van der Waals surface area contributed by atoms with Crippen molar-refractivity contribution in [3.05, 3.63) is 4.60 Å². The quantitative estimate of drug-likeness (QED) is 0.697. The maximum absolute atomic E-state index is 12.4. The molecule has 0 amide bonds. The highest BCUT2D eigenvalue weighted by Gasteiger charge is 2.38. The van der Waals surface area contributed by atoms with Crippen LogP contribution in [-0.4, -0.2) is 65.1 Å². The summed E-state index contributed by atoms with van der Waals surface area (Å²) in [4.78, 5) is 0. The molecule has 0 unspecified atom stereocenters. The largest absolute Gasteiger partial charge is 0.390 e. The number of nitrogens with zero attached hydrogens (tertiary/aromatic N) is 4. The van der Waals surface area contributed by atoms with Gasteiger partial charge in [0.25, 0.3) is 10.0 Å². The molecular weight excluding hydrogens is 326 g/mol. The molecule has 2 rings (SSSR count). The number of aliphatic hydroxyl groups is 1. The normalized spacial score (nSPS) is 24.9. The molecule has 0 aliphatic carbocycles. The minimum atomic E-state index is -3.75. The highest BCUT2D eigenvalue weighted by molar-refractivity contribution is 9.10. The summed E-state index contributed by atoms with van der Waals surface area (Å²) in [6, 6.07) is -0.489. The fourth-order valence-corrected chi connectivity index (χ4v) is 4.34. The third-order valence-electron chi connectivity index (χ3n) is 2.98. The Morgan fingerprint density at radius 3 is 2.67 bits per heavy atom. The molecule has 2 atom stereocenters. The van der Waals surface area contributed by atoms with Crippen molar-refractivity contribution in [2.24, 2.45) is 7.05 Å². The Hall–Kier alpha value is -0.550. The van der Waals surface area contributed by atoms with Crippen LogP contribution in [0.4, 0.5) is 0 Å². The van der Waals surface area contributed by atoms with Crippen LogP contribution in [0.3, 0.4) is 0 Å². The van der Waals surface area contributed by atoms with Crippen LogP contribution in [-0.2, 0) is 17.1 Å². The van der Waals surface area contributed by atoms with Gasteiger partial charge in [0, 0.05) is 27.2 Å². The van der Waals surface area contributed by atoms with Gasteiger partial charge in [-0.1, -0.05) is 5.21 Å². The SMILES string of the molecule is CN([C@@H]1CNC[C@H]1O)S(=O)(=O)c1c(Br)nnn1C. The number of nitrogens with one attached hydrogen (secondary N) is 1. The van der Waals surface area contributed by atoms with Gasteiger partial charge in [-0.2, -0.15) is 4.31 Å². The second kappa shape index (κ2) is 4.85. The fraction of sp³-hybridized carbons (Fsp3) is 0.750. The summed E-state index contributed by atoms with van der Waals surface area (Å²) < 4.78 is 27.4. The molecule has 0 bridgehead atoms. The van der Waals surface area contributed by atoms with Crippen molar-refractivity contribution in [1.82, 2.24) is 24.6 Å². The van der Waals surface area contributed by atoms with Gasteiger partial charge in [-0.15, -0.1) is 5.10 Å². The zero-order chi connectivity index (χ0) is 13.5. The van der Waals surface area contributed by atoms with Gasteiger partial charge < -0.3 is 10.4 Å². The van der Waals surface area contributed by atoms with Gasteiger partial charge in [-0.05, 0) is 15.9 Å². The number of hydrogen-bond acceptors (Lipinski definition) is 6. The van der Waals surface area contributed by atoms with Crippen molar-refractivity contribution in [3.8, 4) is 0 Å². The lowest BCUT2D eigenvalue weighted by atomic mass is 10.2. The molecule has 2 heterocycles. The van der Waals surface area contributed by atoms with E-state index in [1.165, 1.54) is 18.8 Å². The van der Waals surface area contributed by atoms with E-state index in [0.29, 0.717) is 13.1 Å². The average molecular weight is 340 g/mol. The second-order valence-corrected chi connectivity index (χ2v) is 6.79. The zero-order valence-corrected chi connectivity index (χ0v) is 12.3. The van der Waals surface area contributed by atoms with Gasteiger partial charge in [0.05, 0.1) is 12.1 Å². The number of sulfonamides is 1. The van der Waals surface area contributed by atoms with Gasteiger partial charge in [0.2, 0.25) is 5.03 Å². The molecule has 8 nitrogen and oxygen atoms in total. The van der Waals surface area contributed by atoms with E-state index in [1.54, 1.807) is 0 Å². The third kappa shape index (κ3) is 2.18. The summed E-state index contributed by atoms with van der Waals surface area (Å²) in [6.45, 7) is 0.801. The Kier molecular flexibility index (Phi) is 3.74. The van der Waals surface area contributed by atoms with Crippen molar-refractivity contribution in [2.45, 2.75) is 17.2 Å². The molecule has 1 aliphatic heterocycles. The van der Waals surface area contributed by atoms with Gasteiger partial charge in [0.1, 0.15) is 0 Å². The Balaban J connectivity index is 2.37. The monoisotopic (exact) mass is 339 g/mol. The number of β-amino-alcohol motifs (C(OH)–C–C–N with tert-alkyl or cyclic N) is 1. The van der Waals surface area contributed by atoms with Crippen LogP contribution in [0.1, 0.15) is 0 Å². The topological polar surface area (TPSA) is 100 Å². The minimum absolute atomic E-state index is 0.0240. The smallest absolute Gasteiger partial charge is 0.263 e. The van der Waals surface area contributed by atoms with E-state index in [1.807, 2.05) is 0 Å². The van der Waals surface area contributed by atoms with Crippen LogP contribution in [0.15, 0.2) is 9.63 Å². The maximum Gasteiger partial charge on any atom is 0.263 e. The van der Waals surface area contributed by atoms with Crippen LogP contribution in [0, 0.1) is 0 Å². The Morgan fingerprint density at radius 2 is 2.22 bits per heavy atom. The van der Waals surface area contributed by atoms with E-state index in [2.05, 4.69) is 31.6 Å². The highest BCUT2D eigenvalue weighted by atomic mass is 79.9. The number of aryl methyl sites for hydroxylation is 1. The number of aliphatic hydroxyl groups excluding tert-OH is 1. The molecule has 0 radical (unpaired) electrons. The molecule has 1 aromatic rings. The lowest BCUT2D eigenvalue weighted by Crippen LogP contribution is -2.44. The van der Waals surface area contributed by atoms with Crippen molar-refractivity contribution in [2.75, 3.05) is 20.1 Å². The minimum Gasteiger partial charge on any atom is -0.390 e. The first kappa shape index (κ1) is 13.9. The molecule has 102 valence electrons. The summed E-state index contributed by atoms with van der Waals surface area (Å²) in [5.41, 5.74) is 0. The van der Waals surface area contributed by atoms with Crippen molar-refractivity contribution in [1.29, 1.82) is 0 Å². The van der Waals surface area contributed by atoms with Gasteiger partial charge in [-0.3, -0.25) is 0 Å². The lowest BCUT2D eigenvalue weighted by Gasteiger charge is -2.25. The number of likely N-dealkylation sites (N-methyl/N-ethyl adjacent to an activating group) is 1. The molecule has 1 aliphatic rings. The summed E-state index contributed by atoms with van der Waals surface area (Å²) in [5.74, 6) is 0. The first-order chi connectivity index (χ1) is 8.35. The van der Waals surface area contributed by atoms with Crippen LogP contribution in [0.25, 0.3) is 0 Å². The lowest BCUT2D eigenvalue weighted by molar-refractivity contribution is 0.136. The van der Waals surface area contributed by atoms with E-state index in [0.717, 1.165) is 4.31 Å². The fourth-order valence-electron chi connectivity index (χ4n) is 1.93. The Morgan fingerprint density at radius 1 is 1.56 bits per heavy atom. The summed E-state index contributed by atoms with van der Waals surface area (Å²) in [5, 5.41) is 20.0. The van der Waals surface area contributed by atoms with Crippen LogP contribution < -0.4 is 5.32 Å². The molecule has 0 aromatic carbocycles. The van der Waals surface area contributed by atoms with Gasteiger partial charge >= 0.3 is 0 Å². The van der Waals surface area contributed by atoms with Crippen molar-refractivity contribution < 1.29 is 13.5 Å². The molecule has 10 heteroatoms. The summed E-state index contributed by atoms with van der Waals surface area (Å²) >= 11 is 3.07. The molecular formula is C8H14BrN5O3S. The molecule has 1 saturated heterocycles. The standard InChI is InChI=1S/C8H14BrN5O3S/c1-13-8(7(9)11-12-13)18(16,17)14(2)5-3-10-4-6(5)15/h5-6,10,15H,3-4H2,1-2H3/t5-,6-/m1/s1. The highest BCUT2D eigenvalue weighted by Crippen LogP contribution is 2.24. The van der Waals surface area contributed by atoms with E-state index in [9.17, 15) is 13.5 Å². The Labute approximate surface area is 113 Å². The first-order valence-corrected chi connectivity index (χ1v) is 7.51. The summed E-state index contributed by atoms with van der Waals surface area (Å²) in [6.07, 6.45) is -0.718. The second-order valence-electron chi connectivity index (χ2n) is 4.12. The molecule has 18 heavy (non-hydrogen) atoms. The van der Waals surface area contributed by atoms with Gasteiger partial charge in [0.15, 0.2) is 4.60 Å². The van der Waals surface area contributed by atoms with E-state index < -0.39 is 22.2 Å².